The number of ether oxygens (including phenoxy) is 1. The zero-order valence-electron chi connectivity index (χ0n) is 16.0. The zero-order valence-corrected chi connectivity index (χ0v) is 16.0. The highest BCUT2D eigenvalue weighted by Gasteiger charge is 2.27. The van der Waals surface area contributed by atoms with Gasteiger partial charge in [0.25, 0.3) is 0 Å². The fourth-order valence-electron chi connectivity index (χ4n) is 4.51. The van der Waals surface area contributed by atoms with Gasteiger partial charge in [-0.15, -0.1) is 0 Å². The van der Waals surface area contributed by atoms with Gasteiger partial charge in [0.15, 0.2) is 0 Å². The molecule has 1 aromatic carbocycles. The number of hydrogen-bond donors (Lipinski definition) is 1. The normalized spacial score (nSPS) is 25.2. The van der Waals surface area contributed by atoms with Crippen LogP contribution in [0.15, 0.2) is 18.2 Å². The Morgan fingerprint density at radius 2 is 1.88 bits per heavy atom. The summed E-state index contributed by atoms with van der Waals surface area (Å²) in [7, 11) is 0. The molecular weight excluding hydrogens is 326 g/mol. The van der Waals surface area contributed by atoms with Gasteiger partial charge in [0.2, 0.25) is 0 Å². The van der Waals surface area contributed by atoms with E-state index in [-0.39, 0.29) is 6.61 Å². The summed E-state index contributed by atoms with van der Waals surface area (Å²) in [5, 5.41) is 18.9. The lowest BCUT2D eigenvalue weighted by atomic mass is 9.93. The second-order valence-corrected chi connectivity index (χ2v) is 7.80. The molecule has 142 valence electrons. The molecule has 2 aliphatic heterocycles. The molecule has 0 saturated carbocycles. The molecule has 5 heteroatoms. The van der Waals surface area contributed by atoms with Crippen LogP contribution in [0.3, 0.4) is 0 Å². The largest absolute Gasteiger partial charge is 0.396 e. The Morgan fingerprint density at radius 3 is 2.50 bits per heavy atom. The molecule has 0 amide bonds. The van der Waals surface area contributed by atoms with Crippen LogP contribution in [0.5, 0.6) is 0 Å². The van der Waals surface area contributed by atoms with E-state index in [1.807, 2.05) is 18.2 Å². The van der Waals surface area contributed by atoms with E-state index in [0.717, 1.165) is 62.4 Å². The van der Waals surface area contributed by atoms with Crippen molar-refractivity contribution in [2.75, 3.05) is 44.2 Å². The Morgan fingerprint density at radius 1 is 1.19 bits per heavy atom. The maximum Gasteiger partial charge on any atom is 0.101 e. The Balaban J connectivity index is 1.61. The van der Waals surface area contributed by atoms with Crippen molar-refractivity contribution < 1.29 is 9.84 Å². The number of nitrogens with zero attached hydrogens (tertiary/aromatic N) is 3. The van der Waals surface area contributed by atoms with Crippen molar-refractivity contribution in [3.05, 3.63) is 29.3 Å². The number of morpholine rings is 1. The Hall–Kier alpha value is -1.61. The SMILES string of the molecule is CC1CN(CC2CCN(c3c(C#N)cccc3CCO)CC2)CC(C)O1. The van der Waals surface area contributed by atoms with E-state index in [9.17, 15) is 10.4 Å². The molecule has 2 unspecified atom stereocenters. The van der Waals surface area contributed by atoms with Crippen molar-refractivity contribution in [2.24, 2.45) is 5.92 Å². The van der Waals surface area contributed by atoms with Gasteiger partial charge in [0.1, 0.15) is 6.07 Å². The summed E-state index contributed by atoms with van der Waals surface area (Å²) in [6, 6.07) is 8.17. The summed E-state index contributed by atoms with van der Waals surface area (Å²) in [5.41, 5.74) is 2.85. The van der Waals surface area contributed by atoms with Crippen molar-refractivity contribution in [3.8, 4) is 6.07 Å². The lowest BCUT2D eigenvalue weighted by molar-refractivity contribution is -0.0720. The molecule has 2 heterocycles. The fraction of sp³-hybridized carbons (Fsp3) is 0.667. The number of piperidine rings is 1. The predicted octanol–water partition coefficient (Wildman–Crippen LogP) is 2.42. The topological polar surface area (TPSA) is 59.7 Å². The van der Waals surface area contributed by atoms with Crippen molar-refractivity contribution in [1.82, 2.24) is 4.90 Å². The third-order valence-electron chi connectivity index (χ3n) is 5.56. The molecule has 0 aliphatic carbocycles. The molecule has 2 saturated heterocycles. The molecule has 3 rings (SSSR count). The first-order valence-electron chi connectivity index (χ1n) is 9.86. The first-order valence-corrected chi connectivity index (χ1v) is 9.86. The van der Waals surface area contributed by atoms with Gasteiger partial charge >= 0.3 is 0 Å². The minimum Gasteiger partial charge on any atom is -0.396 e. The van der Waals surface area contributed by atoms with Crippen LogP contribution < -0.4 is 4.90 Å². The van der Waals surface area contributed by atoms with Crippen LogP contribution >= 0.6 is 0 Å². The van der Waals surface area contributed by atoms with Crippen LogP contribution in [0.4, 0.5) is 5.69 Å². The molecule has 2 aliphatic rings. The van der Waals surface area contributed by atoms with E-state index in [1.165, 1.54) is 0 Å². The van der Waals surface area contributed by atoms with Crippen LogP contribution in [0.25, 0.3) is 0 Å². The minimum atomic E-state index is 0.117. The molecule has 2 fully saturated rings. The van der Waals surface area contributed by atoms with E-state index >= 15 is 0 Å². The highest BCUT2D eigenvalue weighted by atomic mass is 16.5. The number of benzene rings is 1. The molecule has 2 atom stereocenters. The van der Waals surface area contributed by atoms with Gasteiger partial charge in [0, 0.05) is 39.3 Å². The molecule has 0 bridgehead atoms. The van der Waals surface area contributed by atoms with E-state index < -0.39 is 0 Å². The summed E-state index contributed by atoms with van der Waals surface area (Å²) >= 11 is 0. The maximum atomic E-state index is 9.50. The minimum absolute atomic E-state index is 0.117. The van der Waals surface area contributed by atoms with Gasteiger partial charge in [0.05, 0.1) is 23.5 Å². The average Bonchev–Trinajstić information content (AvgIpc) is 2.62. The van der Waals surface area contributed by atoms with Crippen molar-refractivity contribution in [1.29, 1.82) is 5.26 Å². The number of para-hydroxylation sites is 1. The molecule has 0 spiro atoms. The number of anilines is 1. The lowest BCUT2D eigenvalue weighted by Gasteiger charge is -2.40. The molecule has 26 heavy (non-hydrogen) atoms. The summed E-state index contributed by atoms with van der Waals surface area (Å²) in [6.45, 7) is 9.61. The first-order chi connectivity index (χ1) is 12.6. The summed E-state index contributed by atoms with van der Waals surface area (Å²) in [6.07, 6.45) is 3.55. The summed E-state index contributed by atoms with van der Waals surface area (Å²) in [5.74, 6) is 0.708. The third-order valence-corrected chi connectivity index (χ3v) is 5.56. The van der Waals surface area contributed by atoms with Gasteiger partial charge in [-0.3, -0.25) is 4.90 Å². The van der Waals surface area contributed by atoms with Crippen molar-refractivity contribution >= 4 is 5.69 Å². The standard InChI is InChI=1S/C21H31N3O2/c1-16-13-23(14-17(2)26-16)15-18-6-9-24(10-7-18)21-19(8-11-25)4-3-5-20(21)12-22/h3-5,16-18,25H,6-11,13-15H2,1-2H3. The van der Waals surface area contributed by atoms with Crippen LogP contribution in [-0.4, -0.2) is 61.5 Å². The second-order valence-electron chi connectivity index (χ2n) is 7.80. The number of aliphatic hydroxyl groups is 1. The van der Waals surface area contributed by atoms with Crippen molar-refractivity contribution in [3.63, 3.8) is 0 Å². The Labute approximate surface area is 157 Å². The smallest absolute Gasteiger partial charge is 0.101 e. The fourth-order valence-corrected chi connectivity index (χ4v) is 4.51. The van der Waals surface area contributed by atoms with Gasteiger partial charge in [-0.25, -0.2) is 0 Å². The Bertz CT molecular complexity index is 625. The van der Waals surface area contributed by atoms with E-state index in [2.05, 4.69) is 29.7 Å². The molecule has 0 radical (unpaired) electrons. The van der Waals surface area contributed by atoms with Crippen molar-refractivity contribution in [2.45, 2.75) is 45.3 Å². The number of rotatable bonds is 5. The van der Waals surface area contributed by atoms with Gasteiger partial charge in [-0.05, 0) is 50.7 Å². The van der Waals surface area contributed by atoms with Gasteiger partial charge < -0.3 is 14.7 Å². The molecular formula is C21H31N3O2. The predicted molar refractivity (Wildman–Crippen MR) is 103 cm³/mol. The van der Waals surface area contributed by atoms with E-state index in [0.29, 0.717) is 24.5 Å². The summed E-state index contributed by atoms with van der Waals surface area (Å²) in [4.78, 5) is 4.91. The molecule has 0 aromatic heterocycles. The molecule has 1 aromatic rings. The van der Waals surface area contributed by atoms with E-state index in [4.69, 9.17) is 4.74 Å². The number of nitriles is 1. The lowest BCUT2D eigenvalue weighted by Crippen LogP contribution is -2.48. The van der Waals surface area contributed by atoms with Crippen LogP contribution in [0, 0.1) is 17.2 Å². The molecule has 5 nitrogen and oxygen atoms in total. The first kappa shape index (κ1) is 19.2. The van der Waals surface area contributed by atoms with Gasteiger partial charge in [-0.2, -0.15) is 5.26 Å². The average molecular weight is 357 g/mol. The van der Waals surface area contributed by atoms with Gasteiger partial charge in [-0.1, -0.05) is 12.1 Å². The quantitative estimate of drug-likeness (QED) is 0.877. The van der Waals surface area contributed by atoms with E-state index in [1.54, 1.807) is 0 Å². The highest BCUT2D eigenvalue weighted by molar-refractivity contribution is 5.64. The number of hydrogen-bond acceptors (Lipinski definition) is 5. The maximum absolute atomic E-state index is 9.50. The van der Waals surface area contributed by atoms with Crippen LogP contribution in [0.2, 0.25) is 0 Å². The molecule has 1 N–H and O–H groups in total. The highest BCUT2D eigenvalue weighted by Crippen LogP contribution is 2.30. The van der Waals surface area contributed by atoms with Crippen LogP contribution in [-0.2, 0) is 11.2 Å². The second kappa shape index (κ2) is 8.85. The number of aliphatic hydroxyl groups excluding tert-OH is 1. The van der Waals surface area contributed by atoms with Crippen LogP contribution in [0.1, 0.15) is 37.8 Å². The summed E-state index contributed by atoms with van der Waals surface area (Å²) < 4.78 is 5.84. The third kappa shape index (κ3) is 4.56. The Kier molecular flexibility index (Phi) is 6.53. The monoisotopic (exact) mass is 357 g/mol. The zero-order chi connectivity index (χ0) is 18.5.